The lowest BCUT2D eigenvalue weighted by Gasteiger charge is -2.10. The van der Waals surface area contributed by atoms with Crippen molar-refractivity contribution in [2.75, 3.05) is 10.6 Å². The first-order valence-corrected chi connectivity index (χ1v) is 6.84. The van der Waals surface area contributed by atoms with Gasteiger partial charge in [0.1, 0.15) is 18.1 Å². The molecule has 0 unspecified atom stereocenters. The zero-order chi connectivity index (χ0) is 16.3. The zero-order valence-electron chi connectivity index (χ0n) is 12.5. The van der Waals surface area contributed by atoms with Crippen LogP contribution in [0.3, 0.4) is 0 Å². The van der Waals surface area contributed by atoms with Crippen molar-refractivity contribution >= 4 is 34.8 Å². The lowest BCUT2D eigenvalue weighted by Crippen LogP contribution is -3.00. The van der Waals surface area contributed by atoms with Crippen molar-refractivity contribution in [3.8, 4) is 5.75 Å². The molecule has 0 fully saturated rings. The summed E-state index contributed by atoms with van der Waals surface area (Å²) in [6.07, 6.45) is 5.32. The Hall–Kier alpha value is -2.25. The van der Waals surface area contributed by atoms with E-state index in [1.165, 1.54) is 19.1 Å². The van der Waals surface area contributed by atoms with Crippen molar-refractivity contribution in [3.63, 3.8) is 0 Å². The Balaban J connectivity index is 0.00000264. The van der Waals surface area contributed by atoms with E-state index in [-0.39, 0.29) is 52.9 Å². The molecule has 0 bridgehead atoms. The van der Waals surface area contributed by atoms with Crippen LogP contribution in [0.4, 0.5) is 11.4 Å². The normalized spacial score (nSPS) is 9.87. The molecule has 7 nitrogen and oxygen atoms in total. The van der Waals surface area contributed by atoms with E-state index in [4.69, 9.17) is 11.6 Å². The lowest BCUT2D eigenvalue weighted by atomic mass is 10.2. The number of amides is 2. The fourth-order valence-electron chi connectivity index (χ4n) is 1.90. The van der Waals surface area contributed by atoms with E-state index in [1.54, 1.807) is 17.1 Å². The number of halogens is 2. The first kappa shape index (κ1) is 18.8. The highest BCUT2D eigenvalue weighted by Crippen LogP contribution is 2.33. The van der Waals surface area contributed by atoms with Gasteiger partial charge in [-0.2, -0.15) is 0 Å². The molecule has 2 amide bonds. The van der Waals surface area contributed by atoms with E-state index in [0.29, 0.717) is 0 Å². The molecule has 9 heteroatoms. The minimum Gasteiger partial charge on any atom is -1.00 e. The van der Waals surface area contributed by atoms with Gasteiger partial charge >= 0.3 is 0 Å². The van der Waals surface area contributed by atoms with Crippen molar-refractivity contribution in [2.24, 2.45) is 7.05 Å². The second kappa shape index (κ2) is 7.85. The predicted molar refractivity (Wildman–Crippen MR) is 81.7 cm³/mol. The van der Waals surface area contributed by atoms with Crippen LogP contribution in [0.2, 0.25) is 5.02 Å². The molecule has 0 aliphatic rings. The van der Waals surface area contributed by atoms with Gasteiger partial charge in [0.15, 0.2) is 6.54 Å². The van der Waals surface area contributed by atoms with E-state index in [0.717, 1.165) is 0 Å². The van der Waals surface area contributed by atoms with Gasteiger partial charge < -0.3 is 28.1 Å². The molecule has 2 rings (SSSR count). The number of nitrogens with zero attached hydrogens (tertiary/aromatic N) is 2. The van der Waals surface area contributed by atoms with Crippen LogP contribution in [-0.4, -0.2) is 21.5 Å². The maximum absolute atomic E-state index is 12.0. The maximum atomic E-state index is 12.0. The average Bonchev–Trinajstić information content (AvgIpc) is 2.80. The number of aromatic nitrogens is 2. The molecular weight excluding hydrogens is 343 g/mol. The average molecular weight is 359 g/mol. The molecule has 0 saturated heterocycles. The van der Waals surface area contributed by atoms with Crippen LogP contribution in [0.15, 0.2) is 30.9 Å². The molecule has 0 aliphatic heterocycles. The highest BCUT2D eigenvalue weighted by Gasteiger charge is 2.13. The Morgan fingerprint density at radius 2 is 2.00 bits per heavy atom. The van der Waals surface area contributed by atoms with Crippen molar-refractivity contribution in [1.29, 1.82) is 0 Å². The van der Waals surface area contributed by atoms with Crippen LogP contribution >= 0.6 is 11.6 Å². The summed E-state index contributed by atoms with van der Waals surface area (Å²) in [5.74, 6) is -0.798. The molecule has 124 valence electrons. The molecule has 0 radical (unpaired) electrons. The van der Waals surface area contributed by atoms with Gasteiger partial charge in [0.2, 0.25) is 12.2 Å². The second-order valence-corrected chi connectivity index (χ2v) is 5.24. The van der Waals surface area contributed by atoms with Crippen molar-refractivity contribution < 1.29 is 31.7 Å². The summed E-state index contributed by atoms with van der Waals surface area (Å²) in [5, 5.41) is 15.2. The summed E-state index contributed by atoms with van der Waals surface area (Å²) in [4.78, 5) is 23.0. The number of phenols is 1. The minimum absolute atomic E-state index is 0. The Bertz CT molecular complexity index is 731. The van der Waals surface area contributed by atoms with Gasteiger partial charge in [0.25, 0.3) is 5.91 Å². The quantitative estimate of drug-likeness (QED) is 0.448. The SMILES string of the molecule is CC(=O)Nc1cc(O)c(NC(=O)Cn2cc[n+](C)c2)cc1Cl.[Cl-]. The van der Waals surface area contributed by atoms with E-state index >= 15 is 0 Å². The van der Waals surface area contributed by atoms with Gasteiger partial charge in [-0.3, -0.25) is 9.59 Å². The summed E-state index contributed by atoms with van der Waals surface area (Å²) < 4.78 is 3.50. The number of imidazole rings is 1. The van der Waals surface area contributed by atoms with Crippen LogP contribution < -0.4 is 27.6 Å². The van der Waals surface area contributed by atoms with E-state index < -0.39 is 0 Å². The fourth-order valence-corrected chi connectivity index (χ4v) is 2.11. The van der Waals surface area contributed by atoms with Crippen LogP contribution in [0.1, 0.15) is 6.92 Å². The minimum atomic E-state index is -0.310. The van der Waals surface area contributed by atoms with Crippen molar-refractivity contribution in [2.45, 2.75) is 13.5 Å². The third-order valence-corrected chi connectivity index (χ3v) is 3.13. The van der Waals surface area contributed by atoms with Crippen LogP contribution in [-0.2, 0) is 23.2 Å². The number of hydrogen-bond acceptors (Lipinski definition) is 3. The van der Waals surface area contributed by atoms with Gasteiger partial charge in [-0.05, 0) is 6.07 Å². The molecule has 1 heterocycles. The number of phenolic OH excluding ortho intramolecular Hbond substituents is 1. The van der Waals surface area contributed by atoms with Crippen molar-refractivity contribution in [1.82, 2.24) is 4.57 Å². The number of aryl methyl sites for hydroxylation is 1. The Morgan fingerprint density at radius 3 is 2.57 bits per heavy atom. The monoisotopic (exact) mass is 358 g/mol. The number of carbonyl (C=O) groups excluding carboxylic acids is 2. The Morgan fingerprint density at radius 1 is 1.30 bits per heavy atom. The summed E-state index contributed by atoms with van der Waals surface area (Å²) in [7, 11) is 1.85. The largest absolute Gasteiger partial charge is 1.00 e. The summed E-state index contributed by atoms with van der Waals surface area (Å²) >= 11 is 6.01. The molecule has 0 spiro atoms. The molecule has 1 aromatic carbocycles. The molecule has 3 N–H and O–H groups in total. The van der Waals surface area contributed by atoms with Gasteiger partial charge in [0, 0.05) is 13.0 Å². The number of hydrogen-bond donors (Lipinski definition) is 3. The molecular formula is C14H16Cl2N4O3. The van der Waals surface area contributed by atoms with Crippen LogP contribution in [0, 0.1) is 0 Å². The smallest absolute Gasteiger partial charge is 0.266 e. The summed E-state index contributed by atoms with van der Waals surface area (Å²) in [6.45, 7) is 1.44. The number of benzene rings is 1. The summed E-state index contributed by atoms with van der Waals surface area (Å²) in [6, 6.07) is 2.67. The standard InChI is InChI=1S/C14H15ClN4O3.ClH/c1-9(20)16-11-6-13(21)12(5-10(11)15)17-14(22)7-19-4-3-18(2)8-19;/h3-6,8H,7H2,1-2H3,(H2-,16,17,20,21,22);1H. The van der Waals surface area contributed by atoms with Crippen LogP contribution in [0.25, 0.3) is 0 Å². The number of anilines is 2. The van der Waals surface area contributed by atoms with Gasteiger partial charge in [-0.25, -0.2) is 9.13 Å². The van der Waals surface area contributed by atoms with E-state index in [9.17, 15) is 14.7 Å². The number of aromatic hydroxyl groups is 1. The number of rotatable bonds is 4. The highest BCUT2D eigenvalue weighted by atomic mass is 35.5. The third-order valence-electron chi connectivity index (χ3n) is 2.82. The highest BCUT2D eigenvalue weighted by molar-refractivity contribution is 6.34. The maximum Gasteiger partial charge on any atom is 0.266 e. The van der Waals surface area contributed by atoms with Gasteiger partial charge in [-0.1, -0.05) is 11.6 Å². The molecule has 1 aromatic heterocycles. The predicted octanol–water partition coefficient (Wildman–Crippen LogP) is -1.73. The number of nitrogens with one attached hydrogen (secondary N) is 2. The van der Waals surface area contributed by atoms with E-state index in [2.05, 4.69) is 10.6 Å². The third kappa shape index (κ3) is 5.15. The number of carbonyl (C=O) groups is 2. The second-order valence-electron chi connectivity index (χ2n) is 4.83. The Labute approximate surface area is 144 Å². The topological polar surface area (TPSA) is 87.2 Å². The lowest BCUT2D eigenvalue weighted by molar-refractivity contribution is -0.671. The molecule has 23 heavy (non-hydrogen) atoms. The van der Waals surface area contributed by atoms with Gasteiger partial charge in [0.05, 0.1) is 23.4 Å². The molecule has 0 atom stereocenters. The summed E-state index contributed by atoms with van der Waals surface area (Å²) in [5.41, 5.74) is 0.461. The molecule has 2 aromatic rings. The molecule has 0 aliphatic carbocycles. The van der Waals surface area contributed by atoms with E-state index in [1.807, 2.05) is 17.8 Å². The fraction of sp³-hybridized carbons (Fsp3) is 0.214. The molecule has 0 saturated carbocycles. The zero-order valence-corrected chi connectivity index (χ0v) is 14.0. The van der Waals surface area contributed by atoms with Crippen LogP contribution in [0.5, 0.6) is 5.75 Å². The first-order valence-electron chi connectivity index (χ1n) is 6.46. The van der Waals surface area contributed by atoms with Crippen molar-refractivity contribution in [3.05, 3.63) is 35.9 Å². The Kier molecular flexibility index (Phi) is 6.41. The first-order chi connectivity index (χ1) is 10.3. The van der Waals surface area contributed by atoms with Gasteiger partial charge in [-0.15, -0.1) is 0 Å².